The van der Waals surface area contributed by atoms with E-state index in [-0.39, 0.29) is 17.4 Å². The average Bonchev–Trinajstić information content (AvgIpc) is 2.22. The molecule has 0 unspecified atom stereocenters. The monoisotopic (exact) mass is 246 g/mol. The predicted octanol–water partition coefficient (Wildman–Crippen LogP) is 2.87. The number of aromatic nitrogens is 1. The molecule has 0 saturated carbocycles. The average molecular weight is 246 g/mol. The summed E-state index contributed by atoms with van der Waals surface area (Å²) in [6, 6.07) is 5.83. The molecule has 98 valence electrons. The second kappa shape index (κ2) is 5.39. The zero-order chi connectivity index (χ0) is 13.9. The second-order valence-corrected chi connectivity index (χ2v) is 6.14. The van der Waals surface area contributed by atoms with Crippen LogP contribution in [0.25, 0.3) is 0 Å². The first-order chi connectivity index (χ1) is 8.27. The Bertz CT molecular complexity index is 513. The van der Waals surface area contributed by atoms with Gasteiger partial charge in [-0.15, -0.1) is 0 Å². The van der Waals surface area contributed by atoms with E-state index in [1.165, 1.54) is 0 Å². The molecule has 0 bridgehead atoms. The van der Waals surface area contributed by atoms with Crippen molar-refractivity contribution < 1.29 is 0 Å². The smallest absolute Gasteiger partial charge is 0.255 e. The summed E-state index contributed by atoms with van der Waals surface area (Å²) in [5.74, 6) is 0.404. The van der Waals surface area contributed by atoms with Crippen molar-refractivity contribution in [3.8, 4) is 6.07 Å². The third kappa shape index (κ3) is 3.22. The third-order valence-corrected chi connectivity index (χ3v) is 2.84. The molecule has 0 atom stereocenters. The first-order valence-corrected chi connectivity index (χ1v) is 6.37. The van der Waals surface area contributed by atoms with Gasteiger partial charge < -0.3 is 4.57 Å². The maximum absolute atomic E-state index is 12.4. The molecule has 0 aliphatic heterocycles. The molecular weight excluding hydrogens is 224 g/mol. The lowest BCUT2D eigenvalue weighted by Crippen LogP contribution is -2.32. The van der Waals surface area contributed by atoms with Crippen LogP contribution in [0.3, 0.4) is 0 Å². The number of nitrogens with zero attached hydrogens (tertiary/aromatic N) is 2. The van der Waals surface area contributed by atoms with E-state index in [1.54, 1.807) is 6.07 Å². The van der Waals surface area contributed by atoms with Gasteiger partial charge in [0.2, 0.25) is 0 Å². The van der Waals surface area contributed by atoms with Crippen molar-refractivity contribution in [1.82, 2.24) is 4.57 Å². The Hall–Kier alpha value is -1.56. The molecule has 18 heavy (non-hydrogen) atoms. The fourth-order valence-corrected chi connectivity index (χ4v) is 2.04. The summed E-state index contributed by atoms with van der Waals surface area (Å²) in [5, 5.41) is 8.75. The number of hydrogen-bond acceptors (Lipinski definition) is 2. The Balaban J connectivity index is 3.43. The van der Waals surface area contributed by atoms with E-state index < -0.39 is 0 Å². The van der Waals surface area contributed by atoms with Crippen LogP contribution in [0.2, 0.25) is 0 Å². The zero-order valence-electron chi connectivity index (χ0n) is 11.9. The van der Waals surface area contributed by atoms with E-state index in [0.29, 0.717) is 18.0 Å². The maximum atomic E-state index is 12.4. The third-order valence-electron chi connectivity index (χ3n) is 2.84. The molecule has 1 aromatic rings. The standard InChI is InChI=1S/C15H22N2O/c1-11(2)10-17-13(15(3,4)5)7-6-12(8-9-16)14(17)18/h6-7,11H,8,10H2,1-5H3. The van der Waals surface area contributed by atoms with Gasteiger partial charge in [-0.1, -0.05) is 40.7 Å². The SMILES string of the molecule is CC(C)Cn1c(C(C)(C)C)ccc(CC#N)c1=O. The van der Waals surface area contributed by atoms with E-state index in [1.807, 2.05) is 10.6 Å². The molecule has 3 nitrogen and oxygen atoms in total. The van der Waals surface area contributed by atoms with Crippen LogP contribution in [0.1, 0.15) is 45.9 Å². The molecule has 1 heterocycles. The highest BCUT2D eigenvalue weighted by molar-refractivity contribution is 5.23. The minimum Gasteiger partial charge on any atom is -0.312 e. The molecular formula is C15H22N2O. The van der Waals surface area contributed by atoms with Crippen LogP contribution in [0.15, 0.2) is 16.9 Å². The van der Waals surface area contributed by atoms with Crippen molar-refractivity contribution in [2.75, 3.05) is 0 Å². The molecule has 0 radical (unpaired) electrons. The summed E-state index contributed by atoms with van der Waals surface area (Å²) in [6.07, 6.45) is 0.182. The van der Waals surface area contributed by atoms with E-state index in [0.717, 1.165) is 5.69 Å². The molecule has 1 rings (SSSR count). The molecule has 0 fully saturated rings. The topological polar surface area (TPSA) is 45.8 Å². The molecule has 0 spiro atoms. The minimum atomic E-state index is -0.0702. The van der Waals surface area contributed by atoms with Gasteiger partial charge in [-0.3, -0.25) is 4.79 Å². The van der Waals surface area contributed by atoms with Crippen molar-refractivity contribution in [2.45, 2.75) is 53.0 Å². The lowest BCUT2D eigenvalue weighted by atomic mass is 9.90. The number of nitriles is 1. The highest BCUT2D eigenvalue weighted by Gasteiger charge is 2.20. The van der Waals surface area contributed by atoms with Gasteiger partial charge in [0, 0.05) is 23.2 Å². The van der Waals surface area contributed by atoms with E-state index in [9.17, 15) is 4.79 Å². The molecule has 0 N–H and O–H groups in total. The van der Waals surface area contributed by atoms with Crippen molar-refractivity contribution in [2.24, 2.45) is 5.92 Å². The predicted molar refractivity (Wildman–Crippen MR) is 73.6 cm³/mol. The molecule has 0 aromatic carbocycles. The number of hydrogen-bond donors (Lipinski definition) is 0. The van der Waals surface area contributed by atoms with E-state index >= 15 is 0 Å². The molecule has 3 heteroatoms. The fraction of sp³-hybridized carbons (Fsp3) is 0.600. The second-order valence-electron chi connectivity index (χ2n) is 6.14. The van der Waals surface area contributed by atoms with Gasteiger partial charge in [-0.05, 0) is 12.0 Å². The van der Waals surface area contributed by atoms with Crippen molar-refractivity contribution in [1.29, 1.82) is 5.26 Å². The van der Waals surface area contributed by atoms with Crippen LogP contribution in [-0.4, -0.2) is 4.57 Å². The molecule has 0 amide bonds. The summed E-state index contributed by atoms with van der Waals surface area (Å²) < 4.78 is 1.83. The van der Waals surface area contributed by atoms with Gasteiger partial charge in [0.05, 0.1) is 12.5 Å². The van der Waals surface area contributed by atoms with E-state index in [4.69, 9.17) is 5.26 Å². The summed E-state index contributed by atoms with van der Waals surface area (Å²) >= 11 is 0. The van der Waals surface area contributed by atoms with Crippen LogP contribution in [-0.2, 0) is 18.4 Å². The van der Waals surface area contributed by atoms with Crippen LogP contribution in [0.5, 0.6) is 0 Å². The van der Waals surface area contributed by atoms with Gasteiger partial charge in [-0.25, -0.2) is 0 Å². The Kier molecular flexibility index (Phi) is 4.34. The highest BCUT2D eigenvalue weighted by Crippen LogP contribution is 2.22. The number of rotatable bonds is 3. The van der Waals surface area contributed by atoms with E-state index in [2.05, 4.69) is 40.7 Å². The summed E-state index contributed by atoms with van der Waals surface area (Å²) in [5.41, 5.74) is 1.53. The maximum Gasteiger partial charge on any atom is 0.255 e. The molecule has 1 aromatic heterocycles. The van der Waals surface area contributed by atoms with Crippen LogP contribution >= 0.6 is 0 Å². The summed E-state index contributed by atoms with van der Waals surface area (Å²) in [4.78, 5) is 12.4. The van der Waals surface area contributed by atoms with Gasteiger partial charge in [0.15, 0.2) is 0 Å². The summed E-state index contributed by atoms with van der Waals surface area (Å²) in [7, 11) is 0. The van der Waals surface area contributed by atoms with Crippen LogP contribution in [0, 0.1) is 17.2 Å². The largest absolute Gasteiger partial charge is 0.312 e. The Morgan fingerprint density at radius 1 is 1.33 bits per heavy atom. The van der Waals surface area contributed by atoms with Gasteiger partial charge >= 0.3 is 0 Å². The zero-order valence-corrected chi connectivity index (χ0v) is 11.9. The first-order valence-electron chi connectivity index (χ1n) is 6.37. The van der Waals surface area contributed by atoms with Crippen molar-refractivity contribution >= 4 is 0 Å². The van der Waals surface area contributed by atoms with Gasteiger partial charge in [-0.2, -0.15) is 5.26 Å². The van der Waals surface area contributed by atoms with Crippen LogP contribution in [0.4, 0.5) is 0 Å². The molecule has 0 saturated heterocycles. The van der Waals surface area contributed by atoms with Crippen LogP contribution < -0.4 is 5.56 Å². The molecule has 0 aliphatic carbocycles. The summed E-state index contributed by atoms with van der Waals surface area (Å²) in [6.45, 7) is 11.2. The van der Waals surface area contributed by atoms with Crippen molar-refractivity contribution in [3.05, 3.63) is 33.7 Å². The van der Waals surface area contributed by atoms with Gasteiger partial charge in [0.25, 0.3) is 5.56 Å². The fourth-order valence-electron chi connectivity index (χ4n) is 2.04. The van der Waals surface area contributed by atoms with Gasteiger partial charge in [0.1, 0.15) is 0 Å². The minimum absolute atomic E-state index is 0.0160. The Morgan fingerprint density at radius 3 is 2.39 bits per heavy atom. The molecule has 0 aliphatic rings. The first kappa shape index (κ1) is 14.5. The lowest BCUT2D eigenvalue weighted by molar-refractivity contribution is 0.446. The lowest BCUT2D eigenvalue weighted by Gasteiger charge is -2.25. The quantitative estimate of drug-likeness (QED) is 0.823. The number of pyridine rings is 1. The Morgan fingerprint density at radius 2 is 1.94 bits per heavy atom. The normalized spacial score (nSPS) is 11.6. The Labute approximate surface area is 109 Å². The highest BCUT2D eigenvalue weighted by atomic mass is 16.1. The van der Waals surface area contributed by atoms with Crippen molar-refractivity contribution in [3.63, 3.8) is 0 Å².